The van der Waals surface area contributed by atoms with Crippen molar-refractivity contribution in [3.63, 3.8) is 0 Å². The molecule has 1 aromatic rings. The van der Waals surface area contributed by atoms with Gasteiger partial charge in [-0.05, 0) is 11.1 Å². The molecule has 4 N–H and O–H groups in total. The summed E-state index contributed by atoms with van der Waals surface area (Å²) in [6.07, 6.45) is -3.50. The highest BCUT2D eigenvalue weighted by Gasteiger charge is 2.51. The van der Waals surface area contributed by atoms with E-state index in [9.17, 15) is 28.6 Å². The van der Waals surface area contributed by atoms with E-state index in [1.165, 1.54) is 4.99 Å². The van der Waals surface area contributed by atoms with E-state index in [2.05, 4.69) is 20.9 Å². The maximum atomic E-state index is 13.8. The first-order valence-corrected chi connectivity index (χ1v) is 6.57. The van der Waals surface area contributed by atoms with Crippen molar-refractivity contribution in [2.75, 3.05) is 6.61 Å². The Balaban J connectivity index is 3.33. The minimum atomic E-state index is -4.57. The standard InChI is InChI=1S/C11H11BrF2N2O6/c12-2-1-5-3-16(10(22)15-8(5)20)9(21)11(13,14)7(19)6(18)4-17/h1-3,6-7,17-19H,4H2,(H,15,20,22)/t6-,7+/m1/s1. The number of carbonyl (C=O) groups is 1. The van der Waals surface area contributed by atoms with Crippen LogP contribution in [-0.2, 0) is 0 Å². The van der Waals surface area contributed by atoms with E-state index in [-0.39, 0.29) is 10.1 Å². The number of aliphatic hydroxyl groups is 3. The van der Waals surface area contributed by atoms with E-state index in [1.807, 2.05) is 0 Å². The van der Waals surface area contributed by atoms with Gasteiger partial charge in [0.05, 0.1) is 12.2 Å². The third kappa shape index (κ3) is 3.55. The summed E-state index contributed by atoms with van der Waals surface area (Å²) in [7, 11) is 0. The number of rotatable bonds is 5. The van der Waals surface area contributed by atoms with E-state index >= 15 is 0 Å². The summed E-state index contributed by atoms with van der Waals surface area (Å²) in [5.74, 6) is -7.53. The van der Waals surface area contributed by atoms with Crippen molar-refractivity contribution >= 4 is 27.9 Å². The smallest absolute Gasteiger partial charge is 0.357 e. The third-order valence-electron chi connectivity index (χ3n) is 2.60. The highest BCUT2D eigenvalue weighted by molar-refractivity contribution is 9.11. The van der Waals surface area contributed by atoms with Crippen LogP contribution in [0.1, 0.15) is 10.4 Å². The Morgan fingerprint density at radius 2 is 2.09 bits per heavy atom. The average molecular weight is 385 g/mol. The zero-order valence-electron chi connectivity index (χ0n) is 10.7. The molecule has 0 aliphatic heterocycles. The van der Waals surface area contributed by atoms with Crippen molar-refractivity contribution in [1.29, 1.82) is 0 Å². The van der Waals surface area contributed by atoms with E-state index in [0.717, 1.165) is 6.08 Å². The van der Waals surface area contributed by atoms with Crippen LogP contribution < -0.4 is 5.69 Å². The summed E-state index contributed by atoms with van der Waals surface area (Å²) < 4.78 is 27.5. The van der Waals surface area contributed by atoms with Gasteiger partial charge in [0.15, 0.2) is 6.10 Å². The van der Waals surface area contributed by atoms with Gasteiger partial charge in [-0.25, -0.2) is 9.36 Å². The zero-order chi connectivity index (χ0) is 17.1. The van der Waals surface area contributed by atoms with Crippen LogP contribution in [0.5, 0.6) is 5.88 Å². The van der Waals surface area contributed by atoms with Gasteiger partial charge in [-0.2, -0.15) is 13.8 Å². The van der Waals surface area contributed by atoms with Crippen LogP contribution in [0.15, 0.2) is 16.0 Å². The normalized spacial score (nSPS) is 15.0. The predicted molar refractivity (Wildman–Crippen MR) is 72.8 cm³/mol. The Bertz CT molecular complexity index is 648. The molecule has 0 spiro atoms. The molecular formula is C11H11BrF2N2O6. The van der Waals surface area contributed by atoms with Gasteiger partial charge in [0.1, 0.15) is 6.10 Å². The van der Waals surface area contributed by atoms with Crippen LogP contribution in [0.4, 0.5) is 8.78 Å². The molecule has 0 bridgehead atoms. The van der Waals surface area contributed by atoms with Crippen LogP contribution in [0, 0.1) is 0 Å². The molecule has 122 valence electrons. The summed E-state index contributed by atoms with van der Waals surface area (Å²) in [6.45, 7) is -1.22. The van der Waals surface area contributed by atoms with Gasteiger partial charge >= 0.3 is 17.5 Å². The summed E-state index contributed by atoms with van der Waals surface area (Å²) in [6, 6.07) is 0. The highest BCUT2D eigenvalue weighted by atomic mass is 79.9. The topological polar surface area (TPSA) is 133 Å². The number of aromatic hydroxyl groups is 1. The maximum absolute atomic E-state index is 13.8. The highest BCUT2D eigenvalue weighted by Crippen LogP contribution is 2.24. The number of aliphatic hydroxyl groups excluding tert-OH is 3. The lowest BCUT2D eigenvalue weighted by molar-refractivity contribution is -0.136. The number of alkyl halides is 2. The molecule has 1 heterocycles. The molecule has 0 saturated heterocycles. The minimum absolute atomic E-state index is 0.116. The van der Waals surface area contributed by atoms with Crippen molar-refractivity contribution in [3.8, 4) is 5.88 Å². The second-order valence-electron chi connectivity index (χ2n) is 4.09. The predicted octanol–water partition coefficient (Wildman–Crippen LogP) is -0.696. The van der Waals surface area contributed by atoms with Crippen molar-refractivity contribution in [1.82, 2.24) is 9.55 Å². The zero-order valence-corrected chi connectivity index (χ0v) is 12.3. The summed E-state index contributed by atoms with van der Waals surface area (Å²) in [4.78, 5) is 27.4. The molecule has 1 aromatic heterocycles. The molecule has 1 rings (SSSR count). The lowest BCUT2D eigenvalue weighted by Crippen LogP contribution is -2.53. The molecule has 0 saturated carbocycles. The fraction of sp³-hybridized carbons (Fsp3) is 0.364. The van der Waals surface area contributed by atoms with Crippen molar-refractivity contribution < 1.29 is 34.0 Å². The summed E-state index contributed by atoms with van der Waals surface area (Å²) >= 11 is 2.85. The Hall–Kier alpha value is -1.69. The van der Waals surface area contributed by atoms with Crippen molar-refractivity contribution in [2.45, 2.75) is 18.1 Å². The van der Waals surface area contributed by atoms with Crippen molar-refractivity contribution in [2.24, 2.45) is 0 Å². The Morgan fingerprint density at radius 3 is 2.59 bits per heavy atom. The third-order valence-corrected chi connectivity index (χ3v) is 2.87. The number of hydrogen-bond acceptors (Lipinski definition) is 7. The van der Waals surface area contributed by atoms with E-state index in [1.54, 1.807) is 0 Å². The fourth-order valence-corrected chi connectivity index (χ4v) is 1.71. The molecule has 0 amide bonds. The van der Waals surface area contributed by atoms with Gasteiger partial charge in [-0.1, -0.05) is 15.9 Å². The molecule has 0 aliphatic carbocycles. The van der Waals surface area contributed by atoms with Crippen LogP contribution in [-0.4, -0.2) is 60.6 Å². The second-order valence-corrected chi connectivity index (χ2v) is 4.62. The Labute approximate surface area is 130 Å². The van der Waals surface area contributed by atoms with Crippen LogP contribution in [0.2, 0.25) is 0 Å². The first-order valence-electron chi connectivity index (χ1n) is 5.65. The number of halogens is 3. The Kier molecular flexibility index (Phi) is 5.88. The SMILES string of the molecule is O=C(n1cc(C=CBr)c(O)nc1=O)C(F)(F)[C@@H](O)[C@H](O)CO. The van der Waals surface area contributed by atoms with E-state index in [4.69, 9.17) is 10.2 Å². The number of hydrogen-bond donors (Lipinski definition) is 4. The molecule has 0 fully saturated rings. The van der Waals surface area contributed by atoms with Gasteiger partial charge in [0.2, 0.25) is 5.88 Å². The van der Waals surface area contributed by atoms with Crippen LogP contribution in [0.3, 0.4) is 0 Å². The number of nitrogens with zero attached hydrogens (tertiary/aromatic N) is 2. The van der Waals surface area contributed by atoms with Gasteiger partial charge in [-0.3, -0.25) is 4.79 Å². The second kappa shape index (κ2) is 7.05. The first-order chi connectivity index (χ1) is 10.2. The first kappa shape index (κ1) is 18.4. The van der Waals surface area contributed by atoms with Crippen LogP contribution >= 0.6 is 15.9 Å². The lowest BCUT2D eigenvalue weighted by atomic mass is 10.1. The maximum Gasteiger partial charge on any atom is 0.357 e. The average Bonchev–Trinajstić information content (AvgIpc) is 2.47. The molecule has 0 unspecified atom stereocenters. The molecule has 22 heavy (non-hydrogen) atoms. The van der Waals surface area contributed by atoms with Gasteiger partial charge in [-0.15, -0.1) is 0 Å². The van der Waals surface area contributed by atoms with E-state index < -0.39 is 42.2 Å². The molecule has 11 heteroatoms. The lowest BCUT2D eigenvalue weighted by Gasteiger charge is -2.24. The minimum Gasteiger partial charge on any atom is -0.493 e. The van der Waals surface area contributed by atoms with E-state index in [0.29, 0.717) is 6.20 Å². The molecule has 8 nitrogen and oxygen atoms in total. The Morgan fingerprint density at radius 1 is 1.50 bits per heavy atom. The summed E-state index contributed by atoms with van der Waals surface area (Å²) in [5.41, 5.74) is -1.72. The molecular weight excluding hydrogens is 374 g/mol. The fourth-order valence-electron chi connectivity index (χ4n) is 1.42. The number of carbonyl (C=O) groups excluding carboxylic acids is 1. The quantitative estimate of drug-likeness (QED) is 0.527. The van der Waals surface area contributed by atoms with Crippen molar-refractivity contribution in [3.05, 3.63) is 27.2 Å². The van der Waals surface area contributed by atoms with Gasteiger partial charge in [0.25, 0.3) is 0 Å². The largest absolute Gasteiger partial charge is 0.493 e. The molecule has 2 atom stereocenters. The van der Waals surface area contributed by atoms with Gasteiger partial charge in [0, 0.05) is 6.20 Å². The van der Waals surface area contributed by atoms with Crippen LogP contribution in [0.25, 0.3) is 6.08 Å². The summed E-state index contributed by atoms with van der Waals surface area (Å²) in [5, 5.41) is 36.1. The molecule has 0 aliphatic rings. The monoisotopic (exact) mass is 384 g/mol. The molecule has 0 aromatic carbocycles. The number of aromatic nitrogens is 2. The molecule has 0 radical (unpaired) electrons. The van der Waals surface area contributed by atoms with Gasteiger partial charge < -0.3 is 20.4 Å².